The summed E-state index contributed by atoms with van der Waals surface area (Å²) < 4.78 is 10.8. The van der Waals surface area contributed by atoms with Crippen LogP contribution in [0.2, 0.25) is 0 Å². The molecule has 1 atom stereocenters. The van der Waals surface area contributed by atoms with Gasteiger partial charge < -0.3 is 14.8 Å². The molecular formula is C22H27NO4. The van der Waals surface area contributed by atoms with Crippen LogP contribution in [-0.2, 0) is 27.3 Å². The average Bonchev–Trinajstić information content (AvgIpc) is 2.67. The van der Waals surface area contributed by atoms with Gasteiger partial charge in [-0.1, -0.05) is 31.2 Å². The van der Waals surface area contributed by atoms with E-state index in [0.717, 1.165) is 12.0 Å². The molecule has 0 heterocycles. The fraction of sp³-hybridized carbons (Fsp3) is 0.364. The minimum absolute atomic E-state index is 0.146. The molecule has 0 unspecified atom stereocenters. The van der Waals surface area contributed by atoms with Crippen LogP contribution >= 0.6 is 0 Å². The molecule has 0 bridgehead atoms. The minimum atomic E-state index is -0.896. The Morgan fingerprint density at radius 1 is 0.926 bits per heavy atom. The van der Waals surface area contributed by atoms with Gasteiger partial charge in [-0.2, -0.15) is 0 Å². The third kappa shape index (κ3) is 6.53. The van der Waals surface area contributed by atoms with Crippen molar-refractivity contribution in [3.8, 4) is 0 Å². The molecule has 0 spiro atoms. The van der Waals surface area contributed by atoms with E-state index < -0.39 is 12.1 Å². The highest BCUT2D eigenvalue weighted by Crippen LogP contribution is 2.12. The van der Waals surface area contributed by atoms with Crippen LogP contribution in [0.25, 0.3) is 0 Å². The van der Waals surface area contributed by atoms with Crippen LogP contribution in [0.1, 0.15) is 49.2 Å². The molecule has 5 heteroatoms. The summed E-state index contributed by atoms with van der Waals surface area (Å²) in [5.41, 5.74) is 3.24. The quantitative estimate of drug-likeness (QED) is 0.702. The second-order valence-electron chi connectivity index (χ2n) is 6.64. The first kappa shape index (κ1) is 20.6. The second-order valence-corrected chi connectivity index (χ2v) is 6.64. The van der Waals surface area contributed by atoms with Crippen LogP contribution in [0, 0.1) is 0 Å². The van der Waals surface area contributed by atoms with Crippen LogP contribution in [-0.4, -0.2) is 24.1 Å². The summed E-state index contributed by atoms with van der Waals surface area (Å²) in [5.74, 6) is -0.898. The molecule has 144 valence electrons. The molecule has 2 aromatic carbocycles. The number of ether oxygens (including phenoxy) is 2. The Balaban J connectivity index is 1.88. The van der Waals surface area contributed by atoms with Crippen molar-refractivity contribution in [3.63, 3.8) is 0 Å². The van der Waals surface area contributed by atoms with E-state index in [1.165, 1.54) is 5.56 Å². The fourth-order valence-corrected chi connectivity index (χ4v) is 2.35. The van der Waals surface area contributed by atoms with Gasteiger partial charge in [-0.25, -0.2) is 4.79 Å². The van der Waals surface area contributed by atoms with Gasteiger partial charge in [-0.15, -0.1) is 0 Å². The highest BCUT2D eigenvalue weighted by atomic mass is 16.5. The molecule has 0 aromatic heterocycles. The zero-order valence-electron chi connectivity index (χ0n) is 16.3. The van der Waals surface area contributed by atoms with Crippen molar-refractivity contribution < 1.29 is 19.1 Å². The van der Waals surface area contributed by atoms with Crippen LogP contribution < -0.4 is 5.32 Å². The number of carbonyl (C=O) groups is 2. The van der Waals surface area contributed by atoms with E-state index in [2.05, 4.69) is 12.2 Å². The van der Waals surface area contributed by atoms with E-state index in [1.807, 2.05) is 50.2 Å². The number of carbonyl (C=O) groups excluding carboxylic acids is 2. The molecule has 0 fully saturated rings. The van der Waals surface area contributed by atoms with Crippen LogP contribution in [0.3, 0.4) is 0 Å². The Hall–Kier alpha value is -2.66. The maximum atomic E-state index is 12.2. The van der Waals surface area contributed by atoms with E-state index >= 15 is 0 Å². The molecule has 5 nitrogen and oxygen atoms in total. The van der Waals surface area contributed by atoms with Crippen molar-refractivity contribution in [2.45, 2.75) is 52.9 Å². The first-order valence-corrected chi connectivity index (χ1v) is 9.20. The molecule has 0 aliphatic rings. The number of aryl methyl sites for hydroxylation is 1. The summed E-state index contributed by atoms with van der Waals surface area (Å²) in [6.07, 6.45) is 0.185. The van der Waals surface area contributed by atoms with Gasteiger partial charge in [0.15, 0.2) is 6.10 Å². The number of rotatable bonds is 8. The first-order chi connectivity index (χ1) is 12.9. The Bertz CT molecular complexity index is 751. The predicted octanol–water partition coefficient (Wildman–Crippen LogP) is 4.36. The van der Waals surface area contributed by atoms with Gasteiger partial charge in [0, 0.05) is 5.69 Å². The third-order valence-electron chi connectivity index (χ3n) is 4.06. The molecule has 0 aliphatic carbocycles. The summed E-state index contributed by atoms with van der Waals surface area (Å²) in [5, 5.41) is 2.75. The molecule has 0 aliphatic heterocycles. The van der Waals surface area contributed by atoms with E-state index in [1.54, 1.807) is 19.1 Å². The predicted molar refractivity (Wildman–Crippen MR) is 106 cm³/mol. The number of hydrogen-bond acceptors (Lipinski definition) is 4. The van der Waals surface area contributed by atoms with E-state index in [9.17, 15) is 9.59 Å². The monoisotopic (exact) mass is 369 g/mol. The molecule has 0 saturated carbocycles. The fourth-order valence-electron chi connectivity index (χ4n) is 2.35. The zero-order valence-corrected chi connectivity index (χ0v) is 16.3. The van der Waals surface area contributed by atoms with Crippen molar-refractivity contribution in [3.05, 3.63) is 65.2 Å². The molecule has 1 amide bonds. The zero-order chi connectivity index (χ0) is 19.8. The largest absolute Gasteiger partial charge is 0.449 e. The summed E-state index contributed by atoms with van der Waals surface area (Å²) in [6, 6.07) is 14.6. The average molecular weight is 369 g/mol. The van der Waals surface area contributed by atoms with Crippen LogP contribution in [0.4, 0.5) is 5.69 Å². The maximum absolute atomic E-state index is 12.2. The molecule has 1 N–H and O–H groups in total. The Morgan fingerprint density at radius 2 is 1.52 bits per heavy atom. The first-order valence-electron chi connectivity index (χ1n) is 9.20. The van der Waals surface area contributed by atoms with Gasteiger partial charge in [-0.05, 0) is 62.6 Å². The number of nitrogens with one attached hydrogen (secondary N) is 1. The molecule has 2 rings (SSSR count). The second kappa shape index (κ2) is 9.88. The van der Waals surface area contributed by atoms with Gasteiger partial charge in [0.2, 0.25) is 0 Å². The van der Waals surface area contributed by atoms with Crippen molar-refractivity contribution in [1.29, 1.82) is 0 Å². The van der Waals surface area contributed by atoms with Crippen LogP contribution in [0.15, 0.2) is 48.5 Å². The van der Waals surface area contributed by atoms with E-state index in [4.69, 9.17) is 9.47 Å². The number of amides is 1. The molecule has 2 aromatic rings. The molecular weight excluding hydrogens is 342 g/mol. The number of benzene rings is 2. The standard InChI is InChI=1S/C22H27NO4/c1-5-17-8-12-20(13-9-17)23-21(24)16(4)27-22(25)19-10-6-18(7-11-19)14-26-15(2)3/h6-13,15-16H,5,14H2,1-4H3,(H,23,24)/t16-/m1/s1. The molecule has 0 radical (unpaired) electrons. The Morgan fingerprint density at radius 3 is 2.07 bits per heavy atom. The van der Waals surface area contributed by atoms with Crippen LogP contribution in [0.5, 0.6) is 0 Å². The van der Waals surface area contributed by atoms with Gasteiger partial charge >= 0.3 is 5.97 Å². The number of esters is 1. The lowest BCUT2D eigenvalue weighted by Gasteiger charge is -2.14. The van der Waals surface area contributed by atoms with Gasteiger partial charge in [-0.3, -0.25) is 4.79 Å². The van der Waals surface area contributed by atoms with Crippen molar-refractivity contribution in [2.24, 2.45) is 0 Å². The van der Waals surface area contributed by atoms with Crippen molar-refractivity contribution in [1.82, 2.24) is 0 Å². The summed E-state index contributed by atoms with van der Waals surface area (Å²) in [7, 11) is 0. The Labute approximate surface area is 160 Å². The highest BCUT2D eigenvalue weighted by molar-refractivity contribution is 5.97. The summed E-state index contributed by atoms with van der Waals surface area (Å²) in [6.45, 7) is 8.05. The smallest absolute Gasteiger partial charge is 0.338 e. The third-order valence-corrected chi connectivity index (χ3v) is 4.06. The lowest BCUT2D eigenvalue weighted by Crippen LogP contribution is -2.30. The van der Waals surface area contributed by atoms with Crippen molar-refractivity contribution in [2.75, 3.05) is 5.32 Å². The Kier molecular flexibility index (Phi) is 7.55. The van der Waals surface area contributed by atoms with Gasteiger partial charge in [0.1, 0.15) is 0 Å². The van der Waals surface area contributed by atoms with E-state index in [0.29, 0.717) is 17.9 Å². The highest BCUT2D eigenvalue weighted by Gasteiger charge is 2.19. The van der Waals surface area contributed by atoms with Gasteiger partial charge in [0.05, 0.1) is 18.3 Å². The minimum Gasteiger partial charge on any atom is -0.449 e. The lowest BCUT2D eigenvalue weighted by atomic mass is 10.1. The summed E-state index contributed by atoms with van der Waals surface area (Å²) >= 11 is 0. The topological polar surface area (TPSA) is 64.6 Å². The molecule has 0 saturated heterocycles. The maximum Gasteiger partial charge on any atom is 0.338 e. The normalized spacial score (nSPS) is 11.9. The number of hydrogen-bond donors (Lipinski definition) is 1. The van der Waals surface area contributed by atoms with E-state index in [-0.39, 0.29) is 12.0 Å². The lowest BCUT2D eigenvalue weighted by molar-refractivity contribution is -0.123. The molecule has 27 heavy (non-hydrogen) atoms. The summed E-state index contributed by atoms with van der Waals surface area (Å²) in [4.78, 5) is 24.5. The van der Waals surface area contributed by atoms with Crippen molar-refractivity contribution >= 4 is 17.6 Å². The van der Waals surface area contributed by atoms with Gasteiger partial charge in [0.25, 0.3) is 5.91 Å². The SMILES string of the molecule is CCc1ccc(NC(=O)[C@@H](C)OC(=O)c2ccc(COC(C)C)cc2)cc1. The number of anilines is 1.